The maximum atomic E-state index is 15.9. The van der Waals surface area contributed by atoms with E-state index in [1.165, 1.54) is 12.2 Å². The predicted molar refractivity (Wildman–Crippen MR) is 121 cm³/mol. The van der Waals surface area contributed by atoms with Gasteiger partial charge in [0, 0.05) is 41.4 Å². The van der Waals surface area contributed by atoms with Crippen LogP contribution in [0.2, 0.25) is 0 Å². The number of fused-ring (bicyclic) bond motifs is 5. The van der Waals surface area contributed by atoms with Crippen LogP contribution >= 0.6 is 15.9 Å². The lowest BCUT2D eigenvalue weighted by molar-refractivity contribution is -0.206. The maximum absolute atomic E-state index is 15.9. The van der Waals surface area contributed by atoms with Crippen LogP contribution in [-0.4, -0.2) is 45.8 Å². The van der Waals surface area contributed by atoms with Crippen LogP contribution < -0.4 is 0 Å². The number of Topliss-reactive ketones (excluding diaryl/α,β-unsaturated/α-hetero) is 1. The number of aliphatic hydroxyl groups excluding tert-OH is 1. The molecule has 4 aliphatic carbocycles. The molecule has 5 nitrogen and oxygen atoms in total. The molecule has 0 bridgehead atoms. The van der Waals surface area contributed by atoms with E-state index in [2.05, 4.69) is 15.9 Å². The molecule has 0 radical (unpaired) electrons. The average molecular weight is 511 g/mol. The van der Waals surface area contributed by atoms with E-state index in [-0.39, 0.29) is 48.0 Å². The maximum Gasteiger partial charge on any atom is 0.306 e. The summed E-state index contributed by atoms with van der Waals surface area (Å²) < 4.78 is 21.8. The van der Waals surface area contributed by atoms with Gasteiger partial charge in [0.15, 0.2) is 17.2 Å². The fraction of sp³-hybridized carbons (Fsp3) is 0.720. The summed E-state index contributed by atoms with van der Waals surface area (Å²) in [5.41, 5.74) is -2.18. The van der Waals surface area contributed by atoms with Gasteiger partial charge in [-0.15, -0.1) is 0 Å². The van der Waals surface area contributed by atoms with Gasteiger partial charge in [-0.05, 0) is 30.9 Å². The Kier molecular flexibility index (Phi) is 5.85. The normalized spacial score (nSPS) is 47.2. The van der Waals surface area contributed by atoms with Crippen molar-refractivity contribution in [3.05, 3.63) is 23.8 Å². The van der Waals surface area contributed by atoms with Gasteiger partial charge >= 0.3 is 5.97 Å². The Morgan fingerprint density at radius 2 is 2.03 bits per heavy atom. The van der Waals surface area contributed by atoms with Crippen LogP contribution in [0, 0.1) is 34.5 Å². The van der Waals surface area contributed by atoms with Crippen LogP contribution in [0.5, 0.6) is 0 Å². The minimum Gasteiger partial charge on any atom is -0.450 e. The first-order valence-corrected chi connectivity index (χ1v) is 12.7. The van der Waals surface area contributed by atoms with Crippen LogP contribution in [0.1, 0.15) is 53.4 Å². The molecule has 0 aromatic heterocycles. The van der Waals surface area contributed by atoms with Gasteiger partial charge in [0.05, 0.1) is 11.4 Å². The number of rotatable bonds is 4. The summed E-state index contributed by atoms with van der Waals surface area (Å²) in [5, 5.41) is 11.5. The third-order valence-corrected chi connectivity index (χ3v) is 9.63. The topological polar surface area (TPSA) is 80.7 Å². The Balaban J connectivity index is 1.84. The molecule has 4 rings (SSSR count). The standard InChI is InChI=1S/C25H32BrFO5/c1-5-20(31)32-25(19(30)12-26)13(2)8-16-21-17(27)10-14-9-15(28)6-7-23(14,3)22(21)18(29)11-24(16,25)4/h6-7,9,13,16-18,21-22,29H,5,8,10-12H2,1-4H3/t13?,16-,17?,18?,21+,22-,23-,24-,25-/m0/s1. The molecule has 1 N–H and O–H groups in total. The van der Waals surface area contributed by atoms with Gasteiger partial charge in [-0.2, -0.15) is 0 Å². The Morgan fingerprint density at radius 3 is 2.66 bits per heavy atom. The lowest BCUT2D eigenvalue weighted by atomic mass is 9.45. The van der Waals surface area contributed by atoms with Crippen LogP contribution in [0.25, 0.3) is 0 Å². The van der Waals surface area contributed by atoms with E-state index in [0.717, 1.165) is 5.57 Å². The smallest absolute Gasteiger partial charge is 0.306 e. The second kappa shape index (κ2) is 7.86. The summed E-state index contributed by atoms with van der Waals surface area (Å²) in [4.78, 5) is 37.8. The zero-order chi connectivity index (χ0) is 23.6. The SMILES string of the molecule is CCC(=O)O[C@]1(C(=O)CBr)C(C)C[C@H]2[C@@H]3C(F)CC4=CC(=O)C=C[C@]4(C)[C@H]3C(O)C[C@@]21C. The largest absolute Gasteiger partial charge is 0.450 e. The molecule has 0 aromatic carbocycles. The van der Waals surface area contributed by atoms with Gasteiger partial charge in [-0.1, -0.05) is 55.3 Å². The summed E-state index contributed by atoms with van der Waals surface area (Å²) >= 11 is 3.27. The van der Waals surface area contributed by atoms with Crippen LogP contribution in [0.4, 0.5) is 4.39 Å². The number of esters is 1. The molecule has 3 unspecified atom stereocenters. The molecule has 0 aliphatic heterocycles. The zero-order valence-electron chi connectivity index (χ0n) is 19.1. The van der Waals surface area contributed by atoms with Crippen molar-refractivity contribution >= 4 is 33.5 Å². The molecular weight excluding hydrogens is 479 g/mol. The van der Waals surface area contributed by atoms with Gasteiger partial charge in [-0.25, -0.2) is 4.39 Å². The number of aliphatic hydroxyl groups is 1. The minimum absolute atomic E-state index is 0.0232. The number of carbonyl (C=O) groups is 3. The first-order chi connectivity index (χ1) is 15.0. The summed E-state index contributed by atoms with van der Waals surface area (Å²) in [6.45, 7) is 7.45. The summed E-state index contributed by atoms with van der Waals surface area (Å²) in [5.74, 6) is -2.30. The van der Waals surface area contributed by atoms with E-state index in [9.17, 15) is 19.5 Å². The highest BCUT2D eigenvalue weighted by atomic mass is 79.9. The quantitative estimate of drug-likeness (QED) is 0.454. The molecule has 3 saturated carbocycles. The van der Waals surface area contributed by atoms with Gasteiger partial charge in [0.1, 0.15) is 6.17 Å². The van der Waals surface area contributed by atoms with Gasteiger partial charge < -0.3 is 9.84 Å². The Morgan fingerprint density at radius 1 is 1.34 bits per heavy atom. The highest BCUT2D eigenvalue weighted by molar-refractivity contribution is 9.09. The molecule has 32 heavy (non-hydrogen) atoms. The lowest BCUT2D eigenvalue weighted by Gasteiger charge is -2.60. The number of allylic oxidation sites excluding steroid dienone is 4. The van der Waals surface area contributed by atoms with E-state index in [1.807, 2.05) is 26.8 Å². The summed E-state index contributed by atoms with van der Waals surface area (Å²) in [6, 6.07) is 0. The number of halogens is 2. The second-order valence-corrected chi connectivity index (χ2v) is 11.1. The minimum atomic E-state index is -1.41. The number of ether oxygens (including phenoxy) is 1. The van der Waals surface area contributed by atoms with E-state index in [4.69, 9.17) is 4.74 Å². The predicted octanol–water partition coefficient (Wildman–Crippen LogP) is 4.12. The number of ketones is 2. The second-order valence-electron chi connectivity index (χ2n) is 10.6. The number of carbonyl (C=O) groups excluding carboxylic acids is 3. The van der Waals surface area contributed by atoms with Crippen LogP contribution in [-0.2, 0) is 19.1 Å². The molecule has 0 spiro atoms. The highest BCUT2D eigenvalue weighted by Crippen LogP contribution is 2.69. The molecule has 0 heterocycles. The highest BCUT2D eigenvalue weighted by Gasteiger charge is 2.73. The molecule has 4 aliphatic rings. The fourth-order valence-corrected chi connectivity index (χ4v) is 8.20. The molecule has 3 fully saturated rings. The Labute approximate surface area is 197 Å². The van der Waals surface area contributed by atoms with Crippen molar-refractivity contribution < 1.29 is 28.6 Å². The van der Waals surface area contributed by atoms with Crippen molar-refractivity contribution in [3.8, 4) is 0 Å². The molecule has 176 valence electrons. The van der Waals surface area contributed by atoms with Crippen LogP contribution in [0.15, 0.2) is 23.8 Å². The number of hydrogen-bond acceptors (Lipinski definition) is 5. The number of hydrogen-bond donors (Lipinski definition) is 1. The monoisotopic (exact) mass is 510 g/mol. The van der Waals surface area contributed by atoms with E-state index >= 15 is 4.39 Å². The van der Waals surface area contributed by atoms with Crippen molar-refractivity contribution in [3.63, 3.8) is 0 Å². The molecule has 0 saturated heterocycles. The first kappa shape index (κ1) is 23.8. The van der Waals surface area contributed by atoms with Gasteiger partial charge in [-0.3, -0.25) is 14.4 Å². The molecule has 7 heteroatoms. The number of alkyl halides is 2. The van der Waals surface area contributed by atoms with Gasteiger partial charge in [0.2, 0.25) is 0 Å². The van der Waals surface area contributed by atoms with Gasteiger partial charge in [0.25, 0.3) is 0 Å². The van der Waals surface area contributed by atoms with Crippen molar-refractivity contribution in [1.82, 2.24) is 0 Å². The van der Waals surface area contributed by atoms with Crippen molar-refractivity contribution in [2.45, 2.75) is 71.3 Å². The third-order valence-electron chi connectivity index (χ3n) is 9.12. The Hall–Kier alpha value is -1.34. The molecule has 0 aromatic rings. The van der Waals surface area contributed by atoms with Crippen molar-refractivity contribution in [2.75, 3.05) is 5.33 Å². The van der Waals surface area contributed by atoms with E-state index in [1.54, 1.807) is 6.92 Å². The van der Waals surface area contributed by atoms with E-state index < -0.39 is 46.5 Å². The zero-order valence-corrected chi connectivity index (χ0v) is 20.7. The van der Waals surface area contributed by atoms with Crippen LogP contribution in [0.3, 0.4) is 0 Å². The van der Waals surface area contributed by atoms with E-state index in [0.29, 0.717) is 6.42 Å². The first-order valence-electron chi connectivity index (χ1n) is 11.5. The average Bonchev–Trinajstić information content (AvgIpc) is 2.95. The van der Waals surface area contributed by atoms with Crippen molar-refractivity contribution in [2.24, 2.45) is 34.5 Å². The summed E-state index contributed by atoms with van der Waals surface area (Å²) in [7, 11) is 0. The fourth-order valence-electron chi connectivity index (χ4n) is 7.78. The molecule has 0 amide bonds. The lowest BCUT2D eigenvalue weighted by Crippen LogP contribution is -2.65. The Bertz CT molecular complexity index is 914. The van der Waals surface area contributed by atoms with Crippen molar-refractivity contribution in [1.29, 1.82) is 0 Å². The summed E-state index contributed by atoms with van der Waals surface area (Å²) in [6.07, 6.45) is 3.74. The third kappa shape index (κ3) is 2.99. The molecular formula is C25H32BrFO5. The molecule has 9 atom stereocenters.